The van der Waals surface area contributed by atoms with Crippen LogP contribution in [0.15, 0.2) is 29.2 Å². The molecule has 0 saturated carbocycles. The van der Waals surface area contributed by atoms with E-state index in [0.29, 0.717) is 6.54 Å². The van der Waals surface area contributed by atoms with Crippen LogP contribution in [0.3, 0.4) is 0 Å². The number of nitrogens with one attached hydrogen (secondary N) is 2. The van der Waals surface area contributed by atoms with E-state index in [2.05, 4.69) is 10.1 Å². The van der Waals surface area contributed by atoms with Gasteiger partial charge in [0.05, 0.1) is 17.1 Å². The average Bonchev–Trinajstić information content (AvgIpc) is 2.51. The van der Waals surface area contributed by atoms with E-state index in [-0.39, 0.29) is 11.3 Å². The average molecular weight is 356 g/mol. The van der Waals surface area contributed by atoms with Crippen molar-refractivity contribution in [2.24, 2.45) is 0 Å². The molecule has 8 nitrogen and oxygen atoms in total. The van der Waals surface area contributed by atoms with Gasteiger partial charge in [0, 0.05) is 6.54 Å². The molecule has 0 radical (unpaired) electrons. The van der Waals surface area contributed by atoms with Gasteiger partial charge in [0.25, 0.3) is 5.91 Å². The third-order valence-corrected chi connectivity index (χ3v) is 4.64. The third kappa shape index (κ3) is 6.78. The maximum Gasteiger partial charge on any atom is 0.321 e. The van der Waals surface area contributed by atoms with Crippen molar-refractivity contribution >= 4 is 27.7 Å². The number of carbonyl (C=O) groups excluding carboxylic acids is 3. The minimum Gasteiger partial charge on any atom is -0.456 e. The molecule has 0 fully saturated rings. The maximum atomic E-state index is 12.1. The van der Waals surface area contributed by atoms with E-state index < -0.39 is 40.1 Å². The van der Waals surface area contributed by atoms with Gasteiger partial charge in [0.1, 0.15) is 0 Å². The van der Waals surface area contributed by atoms with Gasteiger partial charge in [-0.15, -0.1) is 0 Å². The van der Waals surface area contributed by atoms with Gasteiger partial charge in [-0.05, 0) is 26.0 Å². The van der Waals surface area contributed by atoms with Gasteiger partial charge in [0.15, 0.2) is 16.4 Å². The molecular weight excluding hydrogens is 336 g/mol. The Morgan fingerprint density at radius 1 is 1.12 bits per heavy atom. The molecule has 1 rings (SSSR count). The summed E-state index contributed by atoms with van der Waals surface area (Å²) in [4.78, 5) is 34.0. The minimum atomic E-state index is -3.60. The normalized spacial score (nSPS) is 10.8. The van der Waals surface area contributed by atoms with Gasteiger partial charge in [-0.3, -0.25) is 14.9 Å². The number of carbonyl (C=O) groups is 3. The van der Waals surface area contributed by atoms with Crippen LogP contribution in [0.2, 0.25) is 0 Å². The Kier molecular flexibility index (Phi) is 7.37. The summed E-state index contributed by atoms with van der Waals surface area (Å²) in [5.74, 6) is -2.06. The first-order valence-electron chi connectivity index (χ1n) is 7.27. The van der Waals surface area contributed by atoms with Crippen molar-refractivity contribution in [3.63, 3.8) is 0 Å². The topological polar surface area (TPSA) is 119 Å². The van der Waals surface area contributed by atoms with E-state index in [9.17, 15) is 22.8 Å². The van der Waals surface area contributed by atoms with Crippen molar-refractivity contribution in [2.45, 2.75) is 25.2 Å². The number of rotatable bonds is 7. The molecule has 9 heteroatoms. The number of ether oxygens (including phenoxy) is 1. The lowest BCUT2D eigenvalue weighted by Gasteiger charge is -2.07. The molecule has 1 aromatic carbocycles. The van der Waals surface area contributed by atoms with Crippen molar-refractivity contribution < 1.29 is 27.5 Å². The van der Waals surface area contributed by atoms with Crippen LogP contribution in [0.5, 0.6) is 0 Å². The van der Waals surface area contributed by atoms with Crippen LogP contribution in [-0.2, 0) is 24.2 Å². The van der Waals surface area contributed by atoms with Crippen LogP contribution < -0.4 is 10.6 Å². The smallest absolute Gasteiger partial charge is 0.321 e. The van der Waals surface area contributed by atoms with Crippen molar-refractivity contribution in [3.05, 3.63) is 29.8 Å². The van der Waals surface area contributed by atoms with E-state index in [1.54, 1.807) is 19.1 Å². The molecule has 0 saturated heterocycles. The Labute approximate surface area is 140 Å². The number of amides is 3. The summed E-state index contributed by atoms with van der Waals surface area (Å²) in [6.07, 6.45) is -0.384. The Hall–Kier alpha value is -2.42. The summed E-state index contributed by atoms with van der Waals surface area (Å²) >= 11 is 0. The fourth-order valence-corrected chi connectivity index (χ4v) is 2.89. The summed E-state index contributed by atoms with van der Waals surface area (Å²) in [7, 11) is -3.60. The SMILES string of the molecule is CCNC(=O)NC(=O)COC(=O)CCS(=O)(=O)c1ccc(C)cc1. The van der Waals surface area contributed by atoms with Crippen LogP contribution in [0.1, 0.15) is 18.9 Å². The van der Waals surface area contributed by atoms with E-state index in [1.165, 1.54) is 12.1 Å². The molecule has 0 spiro atoms. The molecule has 0 atom stereocenters. The molecule has 0 aromatic heterocycles. The van der Waals surface area contributed by atoms with Crippen LogP contribution in [0.25, 0.3) is 0 Å². The number of hydrogen-bond donors (Lipinski definition) is 2. The number of sulfone groups is 1. The van der Waals surface area contributed by atoms with Gasteiger partial charge >= 0.3 is 12.0 Å². The second-order valence-corrected chi connectivity index (χ2v) is 7.06. The molecule has 0 bridgehead atoms. The van der Waals surface area contributed by atoms with Gasteiger partial charge in [-0.1, -0.05) is 17.7 Å². The first-order chi connectivity index (χ1) is 11.2. The number of imide groups is 1. The second kappa shape index (κ2) is 9.02. The molecule has 24 heavy (non-hydrogen) atoms. The van der Waals surface area contributed by atoms with Gasteiger partial charge in [-0.2, -0.15) is 0 Å². The number of esters is 1. The molecule has 0 aliphatic heterocycles. The predicted molar refractivity (Wildman–Crippen MR) is 86.0 cm³/mol. The molecule has 2 N–H and O–H groups in total. The summed E-state index contributed by atoms with van der Waals surface area (Å²) < 4.78 is 28.8. The molecule has 3 amide bonds. The van der Waals surface area contributed by atoms with Gasteiger partial charge in [-0.25, -0.2) is 13.2 Å². The Balaban J connectivity index is 2.41. The van der Waals surface area contributed by atoms with Crippen molar-refractivity contribution in [3.8, 4) is 0 Å². The molecule has 0 aliphatic rings. The minimum absolute atomic E-state index is 0.120. The molecule has 132 valence electrons. The van der Waals surface area contributed by atoms with Crippen LogP contribution in [-0.4, -0.2) is 45.2 Å². The molecule has 0 heterocycles. The fraction of sp³-hybridized carbons (Fsp3) is 0.400. The second-order valence-electron chi connectivity index (χ2n) is 4.95. The molecule has 1 aromatic rings. The van der Waals surface area contributed by atoms with E-state index >= 15 is 0 Å². The van der Waals surface area contributed by atoms with Crippen molar-refractivity contribution in [1.29, 1.82) is 0 Å². The highest BCUT2D eigenvalue weighted by molar-refractivity contribution is 7.91. The zero-order chi connectivity index (χ0) is 18.2. The standard InChI is InChI=1S/C15H20N2O6S/c1-3-16-15(20)17-13(18)10-23-14(19)8-9-24(21,22)12-6-4-11(2)5-7-12/h4-7H,3,8-10H2,1-2H3,(H2,16,17,18,20). The highest BCUT2D eigenvalue weighted by atomic mass is 32.2. The summed E-state index contributed by atoms with van der Waals surface area (Å²) in [6.45, 7) is 3.20. The van der Waals surface area contributed by atoms with Crippen LogP contribution in [0.4, 0.5) is 4.79 Å². The lowest BCUT2D eigenvalue weighted by atomic mass is 10.2. The Morgan fingerprint density at radius 3 is 2.33 bits per heavy atom. The number of benzene rings is 1. The quantitative estimate of drug-likeness (QED) is 0.689. The fourth-order valence-electron chi connectivity index (χ4n) is 1.67. The number of urea groups is 1. The lowest BCUT2D eigenvalue weighted by Crippen LogP contribution is -2.41. The van der Waals surface area contributed by atoms with Crippen molar-refractivity contribution in [1.82, 2.24) is 10.6 Å². The van der Waals surface area contributed by atoms with E-state index in [1.807, 2.05) is 12.2 Å². The largest absolute Gasteiger partial charge is 0.456 e. The Morgan fingerprint density at radius 2 is 1.75 bits per heavy atom. The molecule has 0 aliphatic carbocycles. The van der Waals surface area contributed by atoms with Crippen LogP contribution >= 0.6 is 0 Å². The Bertz CT molecular complexity index is 697. The highest BCUT2D eigenvalue weighted by Gasteiger charge is 2.18. The third-order valence-electron chi connectivity index (χ3n) is 2.91. The first-order valence-corrected chi connectivity index (χ1v) is 8.92. The summed E-state index contributed by atoms with van der Waals surface area (Å²) in [6, 6.07) is 5.57. The maximum absolute atomic E-state index is 12.1. The summed E-state index contributed by atoms with van der Waals surface area (Å²) in [5, 5.41) is 4.30. The number of aryl methyl sites for hydroxylation is 1. The molecular formula is C15H20N2O6S. The zero-order valence-electron chi connectivity index (χ0n) is 13.5. The van der Waals surface area contributed by atoms with E-state index in [4.69, 9.17) is 0 Å². The van der Waals surface area contributed by atoms with Gasteiger partial charge < -0.3 is 10.1 Å². The first kappa shape index (κ1) is 19.6. The van der Waals surface area contributed by atoms with E-state index in [0.717, 1.165) is 5.56 Å². The zero-order valence-corrected chi connectivity index (χ0v) is 14.3. The van der Waals surface area contributed by atoms with Gasteiger partial charge in [0.2, 0.25) is 0 Å². The summed E-state index contributed by atoms with van der Waals surface area (Å²) in [5.41, 5.74) is 0.923. The molecule has 0 unspecified atom stereocenters. The monoisotopic (exact) mass is 356 g/mol. The predicted octanol–water partition coefficient (Wildman–Crippen LogP) is 0.548. The lowest BCUT2D eigenvalue weighted by molar-refractivity contribution is -0.147. The van der Waals surface area contributed by atoms with Crippen molar-refractivity contribution in [2.75, 3.05) is 18.9 Å². The highest BCUT2D eigenvalue weighted by Crippen LogP contribution is 2.13. The van der Waals surface area contributed by atoms with Crippen LogP contribution in [0, 0.1) is 6.92 Å². The number of hydrogen-bond acceptors (Lipinski definition) is 6.